The standard InChI is InChI=1S/C13H13ClFN3O2/c1-16-10-5-12(18-13(19)6-14)11(4-9(10)15)17-7-8-2-3-20-8/h4-5,8,17H,2-3,6-7H2,(H,18,19)/t8-/m0/s1. The first-order chi connectivity index (χ1) is 9.63. The average molecular weight is 298 g/mol. The molecule has 7 heteroatoms. The zero-order valence-electron chi connectivity index (χ0n) is 10.6. The fraction of sp³-hybridized carbons (Fsp3) is 0.385. The van der Waals surface area contributed by atoms with Gasteiger partial charge in [-0.3, -0.25) is 4.79 Å². The normalized spacial score (nSPS) is 16.9. The summed E-state index contributed by atoms with van der Waals surface area (Å²) in [5.41, 5.74) is 0.589. The number of benzene rings is 1. The maximum absolute atomic E-state index is 13.6. The van der Waals surface area contributed by atoms with Gasteiger partial charge in [0.2, 0.25) is 11.6 Å². The summed E-state index contributed by atoms with van der Waals surface area (Å²) < 4.78 is 18.9. The van der Waals surface area contributed by atoms with Gasteiger partial charge in [0.15, 0.2) is 0 Å². The van der Waals surface area contributed by atoms with Crippen LogP contribution in [0.15, 0.2) is 12.1 Å². The Morgan fingerprint density at radius 3 is 2.85 bits per heavy atom. The lowest BCUT2D eigenvalue weighted by atomic mass is 10.1. The van der Waals surface area contributed by atoms with Crippen LogP contribution < -0.4 is 10.6 Å². The van der Waals surface area contributed by atoms with Gasteiger partial charge >= 0.3 is 0 Å². The molecule has 1 aromatic rings. The van der Waals surface area contributed by atoms with Crippen molar-refractivity contribution >= 4 is 34.6 Å². The summed E-state index contributed by atoms with van der Waals surface area (Å²) >= 11 is 5.43. The zero-order valence-corrected chi connectivity index (χ0v) is 11.3. The topological polar surface area (TPSA) is 54.7 Å². The molecule has 1 aromatic carbocycles. The van der Waals surface area contributed by atoms with Crippen LogP contribution in [0.5, 0.6) is 0 Å². The van der Waals surface area contributed by atoms with E-state index in [1.807, 2.05) is 0 Å². The highest BCUT2D eigenvalue weighted by Crippen LogP contribution is 2.31. The molecule has 1 fully saturated rings. The van der Waals surface area contributed by atoms with E-state index in [1.165, 1.54) is 12.1 Å². The van der Waals surface area contributed by atoms with Gasteiger partial charge in [-0.2, -0.15) is 0 Å². The largest absolute Gasteiger partial charge is 0.381 e. The van der Waals surface area contributed by atoms with Crippen LogP contribution in [0.1, 0.15) is 6.42 Å². The number of nitrogens with zero attached hydrogens (tertiary/aromatic N) is 1. The van der Waals surface area contributed by atoms with Gasteiger partial charge in [0.25, 0.3) is 0 Å². The minimum Gasteiger partial charge on any atom is -0.381 e. The third-order valence-electron chi connectivity index (χ3n) is 2.92. The van der Waals surface area contributed by atoms with Crippen molar-refractivity contribution in [2.24, 2.45) is 0 Å². The zero-order chi connectivity index (χ0) is 14.5. The number of hydrogen-bond donors (Lipinski definition) is 2. The summed E-state index contributed by atoms with van der Waals surface area (Å²) in [6, 6.07) is 2.48. The molecule has 1 aliphatic rings. The van der Waals surface area contributed by atoms with Crippen molar-refractivity contribution in [3.05, 3.63) is 29.4 Å². The van der Waals surface area contributed by atoms with E-state index in [1.54, 1.807) is 0 Å². The van der Waals surface area contributed by atoms with E-state index in [-0.39, 0.29) is 17.7 Å². The molecule has 106 valence electrons. The van der Waals surface area contributed by atoms with Gasteiger partial charge in [0.1, 0.15) is 11.7 Å². The Morgan fingerprint density at radius 1 is 1.55 bits per heavy atom. The Balaban J connectivity index is 2.19. The molecule has 20 heavy (non-hydrogen) atoms. The van der Waals surface area contributed by atoms with E-state index in [0.29, 0.717) is 17.9 Å². The van der Waals surface area contributed by atoms with Gasteiger partial charge in [0.05, 0.1) is 24.1 Å². The highest BCUT2D eigenvalue weighted by molar-refractivity contribution is 6.29. The molecule has 0 saturated carbocycles. The predicted molar refractivity (Wildman–Crippen MR) is 74.9 cm³/mol. The first-order valence-corrected chi connectivity index (χ1v) is 6.59. The summed E-state index contributed by atoms with van der Waals surface area (Å²) in [5, 5.41) is 5.55. The van der Waals surface area contributed by atoms with Gasteiger partial charge in [-0.1, -0.05) is 0 Å². The summed E-state index contributed by atoms with van der Waals surface area (Å²) in [4.78, 5) is 14.4. The number of nitrogens with one attached hydrogen (secondary N) is 2. The van der Waals surface area contributed by atoms with Crippen LogP contribution in [0.25, 0.3) is 4.85 Å². The molecular weight excluding hydrogens is 285 g/mol. The van der Waals surface area contributed by atoms with Crippen LogP contribution in [0, 0.1) is 12.4 Å². The Morgan fingerprint density at radius 2 is 2.30 bits per heavy atom. The smallest absolute Gasteiger partial charge is 0.239 e. The van der Waals surface area contributed by atoms with Gasteiger partial charge in [-0.25, -0.2) is 9.24 Å². The summed E-state index contributed by atoms with van der Waals surface area (Å²) in [6.07, 6.45) is 1.04. The van der Waals surface area contributed by atoms with Crippen molar-refractivity contribution in [3.8, 4) is 0 Å². The van der Waals surface area contributed by atoms with Crippen molar-refractivity contribution < 1.29 is 13.9 Å². The average Bonchev–Trinajstić information content (AvgIpc) is 2.39. The second-order valence-corrected chi connectivity index (χ2v) is 4.57. The number of hydrogen-bond acceptors (Lipinski definition) is 3. The minimum atomic E-state index is -0.638. The molecule has 1 aliphatic heterocycles. The molecular formula is C13H13ClFN3O2. The lowest BCUT2D eigenvalue weighted by molar-refractivity contribution is -0.113. The van der Waals surface area contributed by atoms with E-state index >= 15 is 0 Å². The number of rotatable bonds is 5. The van der Waals surface area contributed by atoms with E-state index < -0.39 is 11.7 Å². The van der Waals surface area contributed by atoms with Crippen LogP contribution in [-0.4, -0.2) is 31.0 Å². The molecule has 0 spiro atoms. The van der Waals surface area contributed by atoms with Crippen molar-refractivity contribution in [2.75, 3.05) is 29.7 Å². The Bertz CT molecular complexity index is 555. The molecule has 0 aliphatic carbocycles. The maximum atomic E-state index is 13.6. The Labute approximate surface area is 120 Å². The fourth-order valence-corrected chi connectivity index (χ4v) is 1.82. The van der Waals surface area contributed by atoms with Crippen LogP contribution in [0.2, 0.25) is 0 Å². The van der Waals surface area contributed by atoms with Crippen molar-refractivity contribution in [1.29, 1.82) is 0 Å². The van der Waals surface area contributed by atoms with Gasteiger partial charge in [-0.15, -0.1) is 11.6 Å². The van der Waals surface area contributed by atoms with Gasteiger partial charge in [-0.05, 0) is 18.6 Å². The number of amides is 1. The van der Waals surface area contributed by atoms with E-state index in [9.17, 15) is 9.18 Å². The van der Waals surface area contributed by atoms with E-state index in [2.05, 4.69) is 15.5 Å². The molecule has 0 unspecified atom stereocenters. The molecule has 2 rings (SSSR count). The first-order valence-electron chi connectivity index (χ1n) is 6.06. The summed E-state index contributed by atoms with van der Waals surface area (Å²) in [5.74, 6) is -1.27. The van der Waals surface area contributed by atoms with Crippen molar-refractivity contribution in [2.45, 2.75) is 12.5 Å². The van der Waals surface area contributed by atoms with Crippen LogP contribution in [0.4, 0.5) is 21.5 Å². The fourth-order valence-electron chi connectivity index (χ4n) is 1.75. The lowest BCUT2D eigenvalue weighted by Gasteiger charge is -2.27. The van der Waals surface area contributed by atoms with E-state index in [0.717, 1.165) is 13.0 Å². The van der Waals surface area contributed by atoms with Gasteiger partial charge < -0.3 is 15.4 Å². The van der Waals surface area contributed by atoms with Gasteiger partial charge in [0, 0.05) is 13.2 Å². The Hall–Kier alpha value is -1.84. The van der Waals surface area contributed by atoms with Crippen LogP contribution >= 0.6 is 11.6 Å². The molecule has 1 saturated heterocycles. The molecule has 2 N–H and O–H groups in total. The molecule has 1 atom stereocenters. The second kappa shape index (κ2) is 6.55. The SMILES string of the molecule is [C-]#[N+]c1cc(NC(=O)CCl)c(NC[C@@H]2CCO2)cc1F. The first kappa shape index (κ1) is 14.6. The number of carbonyl (C=O) groups is 1. The third kappa shape index (κ3) is 3.38. The van der Waals surface area contributed by atoms with E-state index in [4.69, 9.17) is 22.9 Å². The minimum absolute atomic E-state index is 0.0928. The predicted octanol–water partition coefficient (Wildman–Crippen LogP) is 2.75. The molecule has 1 heterocycles. The number of alkyl halides is 1. The number of anilines is 2. The van der Waals surface area contributed by atoms with Crippen LogP contribution in [0.3, 0.4) is 0 Å². The monoisotopic (exact) mass is 297 g/mol. The summed E-state index contributed by atoms with van der Waals surface area (Å²) in [7, 11) is 0. The molecule has 1 amide bonds. The number of carbonyl (C=O) groups excluding carboxylic acids is 1. The number of halogens is 2. The molecule has 0 bridgehead atoms. The van der Waals surface area contributed by atoms with Crippen molar-refractivity contribution in [1.82, 2.24) is 0 Å². The maximum Gasteiger partial charge on any atom is 0.239 e. The molecule has 0 aromatic heterocycles. The molecule has 5 nitrogen and oxygen atoms in total. The second-order valence-electron chi connectivity index (χ2n) is 4.31. The highest BCUT2D eigenvalue weighted by atomic mass is 35.5. The Kier molecular flexibility index (Phi) is 4.77. The van der Waals surface area contributed by atoms with Crippen LogP contribution in [-0.2, 0) is 9.53 Å². The lowest BCUT2D eigenvalue weighted by Crippen LogP contribution is -2.33. The molecule has 0 radical (unpaired) electrons. The third-order valence-corrected chi connectivity index (χ3v) is 3.16. The highest BCUT2D eigenvalue weighted by Gasteiger charge is 2.19. The summed E-state index contributed by atoms with van der Waals surface area (Å²) in [6.45, 7) is 8.14. The quantitative estimate of drug-likeness (QED) is 0.649. The number of ether oxygens (including phenoxy) is 1. The van der Waals surface area contributed by atoms with Crippen molar-refractivity contribution in [3.63, 3.8) is 0 Å².